The Hall–Kier alpha value is -1.46. The molecule has 0 saturated carbocycles. The van der Waals surface area contributed by atoms with Crippen molar-refractivity contribution in [2.75, 3.05) is 45.2 Å². The highest BCUT2D eigenvalue weighted by atomic mass is 35.5. The van der Waals surface area contributed by atoms with Gasteiger partial charge in [0, 0.05) is 37.3 Å². The van der Waals surface area contributed by atoms with E-state index in [-0.39, 0.29) is 6.03 Å². The normalized spacial score (nSPS) is 15.7. The number of halogens is 1. The Kier molecular flexibility index (Phi) is 6.75. The first-order valence-corrected chi connectivity index (χ1v) is 8.91. The van der Waals surface area contributed by atoms with Gasteiger partial charge >= 0.3 is 6.03 Å². The number of anilines is 1. The predicted octanol–water partition coefficient (Wildman–Crippen LogP) is 3.85. The molecule has 0 bridgehead atoms. The molecule has 2 rings (SSSR count). The van der Waals surface area contributed by atoms with Crippen LogP contribution < -0.4 is 10.1 Å². The third-order valence-corrected chi connectivity index (χ3v) is 4.81. The van der Waals surface area contributed by atoms with Crippen LogP contribution in [0.25, 0.3) is 0 Å². The Bertz CT molecular complexity index is 570. The van der Waals surface area contributed by atoms with Gasteiger partial charge in [0.25, 0.3) is 0 Å². The molecule has 0 spiro atoms. The van der Waals surface area contributed by atoms with Gasteiger partial charge in [0.05, 0.1) is 12.8 Å². The fourth-order valence-electron chi connectivity index (χ4n) is 2.74. The lowest BCUT2D eigenvalue weighted by molar-refractivity contribution is 0.143. The first kappa shape index (κ1) is 18.9. The lowest BCUT2D eigenvalue weighted by Crippen LogP contribution is -2.50. The van der Waals surface area contributed by atoms with E-state index in [4.69, 9.17) is 16.3 Å². The first-order valence-electron chi connectivity index (χ1n) is 8.53. The maximum absolute atomic E-state index is 12.5. The van der Waals surface area contributed by atoms with Crippen molar-refractivity contribution in [1.29, 1.82) is 0 Å². The molecule has 0 unspecified atom stereocenters. The number of hydrogen-bond acceptors (Lipinski definition) is 3. The second kappa shape index (κ2) is 8.58. The molecule has 1 heterocycles. The number of ether oxygens (including phenoxy) is 1. The number of methoxy groups -OCH3 is 1. The van der Waals surface area contributed by atoms with E-state index in [2.05, 4.69) is 24.1 Å². The van der Waals surface area contributed by atoms with Gasteiger partial charge in [0.2, 0.25) is 0 Å². The summed E-state index contributed by atoms with van der Waals surface area (Å²) in [6.07, 6.45) is 1.20. The maximum atomic E-state index is 12.5. The first-order chi connectivity index (χ1) is 11.4. The molecule has 24 heavy (non-hydrogen) atoms. The number of benzene rings is 1. The summed E-state index contributed by atoms with van der Waals surface area (Å²) in [7, 11) is 1.57. The fraction of sp³-hybridized carbons (Fsp3) is 0.611. The number of nitrogens with zero attached hydrogens (tertiary/aromatic N) is 2. The van der Waals surface area contributed by atoms with Crippen molar-refractivity contribution < 1.29 is 9.53 Å². The highest BCUT2D eigenvalue weighted by molar-refractivity contribution is 6.31. The third kappa shape index (κ3) is 5.02. The number of hydrogen-bond donors (Lipinski definition) is 1. The van der Waals surface area contributed by atoms with Crippen LogP contribution in [-0.2, 0) is 0 Å². The lowest BCUT2D eigenvalue weighted by Gasteiger charge is -2.35. The summed E-state index contributed by atoms with van der Waals surface area (Å²) in [6, 6.07) is 3.49. The molecule has 0 radical (unpaired) electrons. The van der Waals surface area contributed by atoms with Crippen molar-refractivity contribution in [3.63, 3.8) is 0 Å². The minimum absolute atomic E-state index is 0.0847. The van der Waals surface area contributed by atoms with Crippen LogP contribution in [0.1, 0.15) is 25.8 Å². The van der Waals surface area contributed by atoms with Crippen molar-refractivity contribution in [3.05, 3.63) is 22.7 Å². The van der Waals surface area contributed by atoms with Gasteiger partial charge in [0.15, 0.2) is 0 Å². The van der Waals surface area contributed by atoms with Crippen LogP contribution in [-0.4, -0.2) is 55.7 Å². The summed E-state index contributed by atoms with van der Waals surface area (Å²) < 4.78 is 5.31. The lowest BCUT2D eigenvalue weighted by atomic mass is 10.1. The van der Waals surface area contributed by atoms with Gasteiger partial charge in [-0.1, -0.05) is 25.4 Å². The van der Waals surface area contributed by atoms with Gasteiger partial charge in [-0.25, -0.2) is 4.79 Å². The maximum Gasteiger partial charge on any atom is 0.322 e. The van der Waals surface area contributed by atoms with Crippen molar-refractivity contribution >= 4 is 23.3 Å². The quantitative estimate of drug-likeness (QED) is 0.874. The Labute approximate surface area is 149 Å². The number of carbonyl (C=O) groups is 1. The van der Waals surface area contributed by atoms with E-state index in [9.17, 15) is 4.79 Å². The van der Waals surface area contributed by atoms with Crippen molar-refractivity contribution in [1.82, 2.24) is 9.80 Å². The number of carbonyl (C=O) groups excluding carboxylic acids is 1. The molecule has 6 heteroatoms. The Morgan fingerprint density at radius 1 is 1.29 bits per heavy atom. The average molecular weight is 354 g/mol. The smallest absolute Gasteiger partial charge is 0.322 e. The monoisotopic (exact) mass is 353 g/mol. The van der Waals surface area contributed by atoms with Crippen LogP contribution in [0.15, 0.2) is 12.1 Å². The van der Waals surface area contributed by atoms with E-state index < -0.39 is 0 Å². The molecule has 0 atom stereocenters. The largest absolute Gasteiger partial charge is 0.495 e. The molecular weight excluding hydrogens is 326 g/mol. The molecule has 1 fully saturated rings. The summed E-state index contributed by atoms with van der Waals surface area (Å²) >= 11 is 6.11. The van der Waals surface area contributed by atoms with Crippen LogP contribution in [0.5, 0.6) is 5.75 Å². The molecule has 1 N–H and O–H groups in total. The summed E-state index contributed by atoms with van der Waals surface area (Å²) in [5.41, 5.74) is 1.57. The molecule has 1 aromatic rings. The molecule has 0 aromatic heterocycles. The average Bonchev–Trinajstić information content (AvgIpc) is 2.56. The third-order valence-electron chi connectivity index (χ3n) is 4.40. The SMILES string of the molecule is COc1cc(Cl)c(C)cc1NC(=O)N1CCN(CCC(C)C)CC1. The highest BCUT2D eigenvalue weighted by Gasteiger charge is 2.22. The van der Waals surface area contributed by atoms with E-state index in [0.717, 1.165) is 38.3 Å². The molecule has 1 aliphatic heterocycles. The van der Waals surface area contributed by atoms with Gasteiger partial charge in [-0.15, -0.1) is 0 Å². The number of piperazine rings is 1. The van der Waals surface area contributed by atoms with E-state index in [1.54, 1.807) is 13.2 Å². The number of aryl methyl sites for hydroxylation is 1. The number of amides is 2. The zero-order valence-electron chi connectivity index (χ0n) is 15.1. The molecule has 5 nitrogen and oxygen atoms in total. The fourth-order valence-corrected chi connectivity index (χ4v) is 2.89. The van der Waals surface area contributed by atoms with Crippen molar-refractivity contribution in [2.45, 2.75) is 27.2 Å². The second-order valence-electron chi connectivity index (χ2n) is 6.74. The van der Waals surface area contributed by atoms with Crippen LogP contribution in [0, 0.1) is 12.8 Å². The summed E-state index contributed by atoms with van der Waals surface area (Å²) in [4.78, 5) is 16.8. The van der Waals surface area contributed by atoms with Crippen LogP contribution in [0.3, 0.4) is 0 Å². The summed E-state index contributed by atoms with van der Waals surface area (Å²) in [6.45, 7) is 10.9. The Balaban J connectivity index is 1.91. The number of urea groups is 1. The summed E-state index contributed by atoms with van der Waals surface area (Å²) in [5, 5.41) is 3.58. The number of rotatable bonds is 5. The Morgan fingerprint density at radius 2 is 1.96 bits per heavy atom. The van der Waals surface area contributed by atoms with Crippen LogP contribution in [0.2, 0.25) is 5.02 Å². The number of nitrogens with one attached hydrogen (secondary N) is 1. The molecule has 1 aliphatic rings. The van der Waals surface area contributed by atoms with Gasteiger partial charge in [-0.05, 0) is 37.4 Å². The van der Waals surface area contributed by atoms with E-state index in [1.165, 1.54) is 6.42 Å². The van der Waals surface area contributed by atoms with Gasteiger partial charge in [0.1, 0.15) is 5.75 Å². The molecule has 134 valence electrons. The molecule has 0 aliphatic carbocycles. The van der Waals surface area contributed by atoms with Gasteiger partial charge < -0.3 is 15.0 Å². The Morgan fingerprint density at radius 3 is 2.54 bits per heavy atom. The van der Waals surface area contributed by atoms with Crippen molar-refractivity contribution in [2.24, 2.45) is 5.92 Å². The molecular formula is C18H28ClN3O2. The molecule has 2 amide bonds. The zero-order valence-corrected chi connectivity index (χ0v) is 15.8. The van der Waals surface area contributed by atoms with Crippen LogP contribution >= 0.6 is 11.6 Å². The molecule has 1 saturated heterocycles. The van der Waals surface area contributed by atoms with E-state index >= 15 is 0 Å². The van der Waals surface area contributed by atoms with Gasteiger partial charge in [-0.2, -0.15) is 0 Å². The van der Waals surface area contributed by atoms with Crippen LogP contribution in [0.4, 0.5) is 10.5 Å². The minimum atomic E-state index is -0.0847. The predicted molar refractivity (Wildman–Crippen MR) is 99.2 cm³/mol. The second-order valence-corrected chi connectivity index (χ2v) is 7.15. The van der Waals surface area contributed by atoms with Gasteiger partial charge in [-0.3, -0.25) is 4.90 Å². The van der Waals surface area contributed by atoms with E-state index in [0.29, 0.717) is 22.4 Å². The van der Waals surface area contributed by atoms with Crippen molar-refractivity contribution in [3.8, 4) is 5.75 Å². The topological polar surface area (TPSA) is 44.8 Å². The molecule has 1 aromatic carbocycles. The van der Waals surface area contributed by atoms with E-state index in [1.807, 2.05) is 17.9 Å². The minimum Gasteiger partial charge on any atom is -0.495 e. The standard InChI is InChI=1S/C18H28ClN3O2/c1-13(2)5-6-21-7-9-22(10-8-21)18(23)20-16-11-14(3)15(19)12-17(16)24-4/h11-13H,5-10H2,1-4H3,(H,20,23). The highest BCUT2D eigenvalue weighted by Crippen LogP contribution is 2.31. The zero-order chi connectivity index (χ0) is 17.7. The summed E-state index contributed by atoms with van der Waals surface area (Å²) in [5.74, 6) is 1.29.